The molecule has 0 unspecified atom stereocenters. The third kappa shape index (κ3) is 1.82. The number of rotatable bonds is 1. The van der Waals surface area contributed by atoms with Crippen molar-refractivity contribution < 1.29 is 13.6 Å². The quantitative estimate of drug-likeness (QED) is 0.616. The van der Waals surface area contributed by atoms with E-state index < -0.39 is 17.5 Å². The number of halogens is 2. The van der Waals surface area contributed by atoms with Crippen molar-refractivity contribution in [3.63, 3.8) is 0 Å². The highest BCUT2D eigenvalue weighted by Gasteiger charge is 2.37. The Labute approximate surface area is 72.9 Å². The van der Waals surface area contributed by atoms with Gasteiger partial charge in [-0.05, 0) is 0 Å². The number of carbonyl (C=O) groups excluding carboxylic acids is 1. The first-order chi connectivity index (χ1) is 5.41. The summed E-state index contributed by atoms with van der Waals surface area (Å²) in [5.74, 6) is -4.10. The van der Waals surface area contributed by atoms with Gasteiger partial charge in [-0.2, -0.15) is 8.78 Å². The van der Waals surface area contributed by atoms with E-state index in [-0.39, 0.29) is 11.5 Å². The lowest BCUT2D eigenvalue weighted by molar-refractivity contribution is -0.114. The molecule has 0 fully saturated rings. The van der Waals surface area contributed by atoms with E-state index in [9.17, 15) is 13.6 Å². The molecular weight excluding hydrogens is 186 g/mol. The van der Waals surface area contributed by atoms with E-state index in [1.807, 2.05) is 0 Å². The lowest BCUT2D eigenvalue weighted by Gasteiger charge is -2.17. The Morgan fingerprint density at radius 1 is 1.67 bits per heavy atom. The Kier molecular flexibility index (Phi) is 2.18. The number of thiocarbonyl (C=S) groups is 1. The van der Waals surface area contributed by atoms with Crippen molar-refractivity contribution in [2.24, 2.45) is 4.99 Å². The molecule has 6 heteroatoms. The minimum absolute atomic E-state index is 0.0418. The summed E-state index contributed by atoms with van der Waals surface area (Å²) in [7, 11) is 0. The molecule has 1 aliphatic rings. The third-order valence-electron chi connectivity index (χ3n) is 1.26. The first kappa shape index (κ1) is 9.18. The fourth-order valence-corrected chi connectivity index (χ4v) is 0.943. The maximum absolute atomic E-state index is 12.6. The fraction of sp³-hybridized carbons (Fsp3) is 0.500. The largest absolute Gasteiger partial charge is 0.314 e. The van der Waals surface area contributed by atoms with Crippen molar-refractivity contribution in [2.45, 2.75) is 12.8 Å². The van der Waals surface area contributed by atoms with E-state index in [1.165, 1.54) is 0 Å². The number of nitrogens with zero attached hydrogens (tertiary/aromatic N) is 1. The zero-order chi connectivity index (χ0) is 9.35. The van der Waals surface area contributed by atoms with Gasteiger partial charge in [0.05, 0.1) is 6.54 Å². The monoisotopic (exact) mass is 192 g/mol. The minimum Gasteiger partial charge on any atom is -0.314 e. The smallest absolute Gasteiger partial charge is 0.292 e. The Morgan fingerprint density at radius 3 is 2.67 bits per heavy atom. The second kappa shape index (κ2) is 2.85. The molecule has 1 N–H and O–H groups in total. The molecule has 0 atom stereocenters. The van der Waals surface area contributed by atoms with E-state index in [1.54, 1.807) is 0 Å². The number of nitrogens with one attached hydrogen (secondary N) is 1. The summed E-state index contributed by atoms with van der Waals surface area (Å²) in [5, 5.41) is 2.12. The highest BCUT2D eigenvalue weighted by atomic mass is 32.1. The molecule has 0 bridgehead atoms. The lowest BCUT2D eigenvalue weighted by atomic mass is 10.2. The van der Waals surface area contributed by atoms with Gasteiger partial charge in [0, 0.05) is 6.92 Å². The van der Waals surface area contributed by atoms with Crippen LogP contribution in [0, 0.1) is 0 Å². The van der Waals surface area contributed by atoms with Crippen molar-refractivity contribution in [1.29, 1.82) is 0 Å². The number of amides is 1. The number of alkyl halides is 2. The van der Waals surface area contributed by atoms with Gasteiger partial charge in [0.25, 0.3) is 11.8 Å². The molecule has 0 saturated heterocycles. The molecule has 66 valence electrons. The zero-order valence-electron chi connectivity index (χ0n) is 6.23. The molecule has 3 nitrogen and oxygen atoms in total. The Bertz CT molecular complexity index is 269. The van der Waals surface area contributed by atoms with E-state index in [0.717, 1.165) is 0 Å². The van der Waals surface area contributed by atoms with Gasteiger partial charge in [-0.3, -0.25) is 9.79 Å². The second-order valence-electron chi connectivity index (χ2n) is 2.43. The summed E-state index contributed by atoms with van der Waals surface area (Å²) in [5.41, 5.74) is -0.754. The van der Waals surface area contributed by atoms with Crippen LogP contribution >= 0.6 is 12.2 Å². The summed E-state index contributed by atoms with van der Waals surface area (Å²) < 4.78 is 25.1. The van der Waals surface area contributed by atoms with Crippen molar-refractivity contribution in [3.05, 3.63) is 0 Å². The van der Waals surface area contributed by atoms with Gasteiger partial charge < -0.3 is 5.32 Å². The highest BCUT2D eigenvalue weighted by molar-refractivity contribution is 7.80. The zero-order valence-corrected chi connectivity index (χ0v) is 7.04. The van der Waals surface area contributed by atoms with E-state index in [2.05, 4.69) is 22.5 Å². The maximum atomic E-state index is 12.6. The third-order valence-corrected chi connectivity index (χ3v) is 1.50. The standard InChI is InChI=1S/C6H6F2N2OS/c1-6(7,8)4-5(11)10-3(12)2-9-4/h2H2,1H3,(H,10,11,12). The number of hydrogen-bond acceptors (Lipinski definition) is 3. The van der Waals surface area contributed by atoms with Crippen LogP contribution in [0.15, 0.2) is 4.99 Å². The van der Waals surface area contributed by atoms with Gasteiger partial charge in [-0.25, -0.2) is 0 Å². The van der Waals surface area contributed by atoms with Gasteiger partial charge in [0.2, 0.25) is 0 Å². The fourth-order valence-electron chi connectivity index (χ4n) is 0.786. The predicted octanol–water partition coefficient (Wildman–Crippen LogP) is 0.540. The topological polar surface area (TPSA) is 41.5 Å². The van der Waals surface area contributed by atoms with Gasteiger partial charge in [-0.15, -0.1) is 0 Å². The predicted molar refractivity (Wildman–Crippen MR) is 43.7 cm³/mol. The summed E-state index contributed by atoms with van der Waals surface area (Å²) >= 11 is 4.57. The number of carbonyl (C=O) groups is 1. The maximum Gasteiger partial charge on any atom is 0.292 e. The minimum atomic E-state index is -3.19. The molecule has 0 saturated carbocycles. The van der Waals surface area contributed by atoms with Crippen molar-refractivity contribution >= 4 is 28.8 Å². The molecule has 1 rings (SSSR count). The van der Waals surface area contributed by atoms with Crippen molar-refractivity contribution in [3.8, 4) is 0 Å². The van der Waals surface area contributed by atoms with E-state index >= 15 is 0 Å². The van der Waals surface area contributed by atoms with Crippen LogP contribution in [0.3, 0.4) is 0 Å². The Hall–Kier alpha value is -0.910. The molecule has 0 aromatic rings. The van der Waals surface area contributed by atoms with Crippen molar-refractivity contribution in [2.75, 3.05) is 6.54 Å². The van der Waals surface area contributed by atoms with Gasteiger partial charge in [0.15, 0.2) is 5.71 Å². The SMILES string of the molecule is CC(F)(F)C1=NCC(=S)NC1=O. The molecule has 0 spiro atoms. The van der Waals surface area contributed by atoms with Gasteiger partial charge in [-0.1, -0.05) is 12.2 Å². The molecule has 1 heterocycles. The van der Waals surface area contributed by atoms with Gasteiger partial charge in [0.1, 0.15) is 4.99 Å². The average molecular weight is 192 g/mol. The van der Waals surface area contributed by atoms with Crippen LogP contribution in [0.5, 0.6) is 0 Å². The lowest BCUT2D eigenvalue weighted by Crippen LogP contribution is -2.47. The first-order valence-electron chi connectivity index (χ1n) is 3.18. The summed E-state index contributed by atoms with van der Waals surface area (Å²) in [6, 6.07) is 0. The molecular formula is C6H6F2N2OS. The molecule has 0 aromatic heterocycles. The van der Waals surface area contributed by atoms with Crippen LogP contribution in [-0.4, -0.2) is 29.1 Å². The second-order valence-corrected chi connectivity index (χ2v) is 2.92. The molecule has 0 radical (unpaired) electrons. The molecule has 0 aliphatic carbocycles. The molecule has 0 aromatic carbocycles. The summed E-state index contributed by atoms with van der Waals surface area (Å²) in [6.45, 7) is 0.583. The van der Waals surface area contributed by atoms with Crippen molar-refractivity contribution in [1.82, 2.24) is 5.32 Å². The highest BCUT2D eigenvalue weighted by Crippen LogP contribution is 2.15. The van der Waals surface area contributed by atoms with Crippen LogP contribution in [-0.2, 0) is 4.79 Å². The van der Waals surface area contributed by atoms with E-state index in [0.29, 0.717) is 6.92 Å². The van der Waals surface area contributed by atoms with Crippen LogP contribution in [0.4, 0.5) is 8.78 Å². The molecule has 1 aliphatic heterocycles. The average Bonchev–Trinajstić information content (AvgIpc) is 1.83. The Morgan fingerprint density at radius 2 is 2.25 bits per heavy atom. The van der Waals surface area contributed by atoms with Crippen LogP contribution in [0.1, 0.15) is 6.92 Å². The normalized spacial score (nSPS) is 18.8. The van der Waals surface area contributed by atoms with Crippen LogP contribution in [0.2, 0.25) is 0 Å². The number of aliphatic imine (C=N–C) groups is 1. The van der Waals surface area contributed by atoms with Crippen LogP contribution in [0.25, 0.3) is 0 Å². The summed E-state index contributed by atoms with van der Waals surface area (Å²) in [4.78, 5) is 14.4. The molecule has 1 amide bonds. The number of hydrogen-bond donors (Lipinski definition) is 1. The first-order valence-corrected chi connectivity index (χ1v) is 3.59. The van der Waals surface area contributed by atoms with Gasteiger partial charge >= 0.3 is 0 Å². The Balaban J connectivity index is 2.92. The van der Waals surface area contributed by atoms with E-state index in [4.69, 9.17) is 0 Å². The van der Waals surface area contributed by atoms with Crippen LogP contribution < -0.4 is 5.32 Å². The summed E-state index contributed by atoms with van der Waals surface area (Å²) in [6.07, 6.45) is 0. The molecule has 12 heavy (non-hydrogen) atoms.